The number of carbonyl (C=O) groups is 1. The molecule has 0 radical (unpaired) electrons. The highest BCUT2D eigenvalue weighted by molar-refractivity contribution is 6.33. The third-order valence-corrected chi connectivity index (χ3v) is 3.04. The molecule has 2 N–H and O–H groups in total. The highest BCUT2D eigenvalue weighted by atomic mass is 35.5. The molecule has 2 aromatic rings. The van der Waals surface area contributed by atoms with Crippen LogP contribution in [0.4, 0.5) is 0 Å². The second kappa shape index (κ2) is 5.88. The predicted octanol–water partition coefficient (Wildman–Crippen LogP) is 1.70. The van der Waals surface area contributed by atoms with Crippen LogP contribution in [0, 0.1) is 13.8 Å². The van der Waals surface area contributed by atoms with Gasteiger partial charge in [0.25, 0.3) is 5.91 Å². The van der Waals surface area contributed by atoms with Crippen LogP contribution in [0.5, 0.6) is 0 Å². The molecule has 102 valence electrons. The van der Waals surface area contributed by atoms with Gasteiger partial charge in [-0.2, -0.15) is 10.2 Å². The number of aromatic nitrogens is 4. The van der Waals surface area contributed by atoms with Gasteiger partial charge in [0.1, 0.15) is 5.69 Å². The van der Waals surface area contributed by atoms with E-state index in [0.29, 0.717) is 17.3 Å². The lowest BCUT2D eigenvalue weighted by Gasteiger charge is -2.06. The largest absolute Gasteiger partial charge is 0.351 e. The van der Waals surface area contributed by atoms with Crippen molar-refractivity contribution in [1.82, 2.24) is 25.3 Å². The number of nitrogens with one attached hydrogen (secondary N) is 2. The van der Waals surface area contributed by atoms with Crippen LogP contribution in [-0.2, 0) is 6.54 Å². The molecule has 0 bridgehead atoms. The molecule has 0 aliphatic rings. The Morgan fingerprint density at radius 2 is 2.32 bits per heavy atom. The van der Waals surface area contributed by atoms with Gasteiger partial charge in [0, 0.05) is 18.8 Å². The van der Waals surface area contributed by atoms with Crippen LogP contribution in [0.1, 0.15) is 28.3 Å². The lowest BCUT2D eigenvalue weighted by Crippen LogP contribution is -2.26. The molecule has 0 spiro atoms. The van der Waals surface area contributed by atoms with Gasteiger partial charge in [-0.15, -0.1) is 0 Å². The molecule has 0 saturated heterocycles. The van der Waals surface area contributed by atoms with Crippen molar-refractivity contribution in [3.05, 3.63) is 34.4 Å². The summed E-state index contributed by atoms with van der Waals surface area (Å²) in [4.78, 5) is 11.7. The van der Waals surface area contributed by atoms with E-state index in [0.717, 1.165) is 24.4 Å². The van der Waals surface area contributed by atoms with Crippen LogP contribution in [0.25, 0.3) is 0 Å². The minimum Gasteiger partial charge on any atom is -0.351 e. The number of nitrogens with zero attached hydrogens (tertiary/aromatic N) is 3. The fourth-order valence-corrected chi connectivity index (χ4v) is 2.03. The lowest BCUT2D eigenvalue weighted by atomic mass is 10.3. The number of aryl methyl sites for hydroxylation is 3. The fraction of sp³-hybridized carbons (Fsp3) is 0.417. The fourth-order valence-electron chi connectivity index (χ4n) is 1.85. The molecule has 1 amide bonds. The summed E-state index contributed by atoms with van der Waals surface area (Å²) in [6.45, 7) is 5.32. The highest BCUT2D eigenvalue weighted by Crippen LogP contribution is 2.10. The van der Waals surface area contributed by atoms with Crippen LogP contribution in [0.3, 0.4) is 0 Å². The Hall–Kier alpha value is -1.82. The van der Waals surface area contributed by atoms with E-state index in [-0.39, 0.29) is 5.91 Å². The van der Waals surface area contributed by atoms with Crippen molar-refractivity contribution in [2.75, 3.05) is 6.54 Å². The third kappa shape index (κ3) is 3.35. The second-order valence-corrected chi connectivity index (χ2v) is 4.76. The Balaban J connectivity index is 1.77. The zero-order valence-corrected chi connectivity index (χ0v) is 11.7. The molecule has 2 heterocycles. The number of halogens is 1. The maximum Gasteiger partial charge on any atom is 0.270 e. The van der Waals surface area contributed by atoms with Crippen molar-refractivity contribution in [1.29, 1.82) is 0 Å². The molecule has 0 unspecified atom stereocenters. The molecular formula is C12H16ClN5O. The normalized spacial score (nSPS) is 10.7. The Kier molecular flexibility index (Phi) is 4.21. The lowest BCUT2D eigenvalue weighted by molar-refractivity contribution is 0.0947. The first-order chi connectivity index (χ1) is 9.08. The molecule has 0 aliphatic carbocycles. The summed E-state index contributed by atoms with van der Waals surface area (Å²) in [6, 6.07) is 2.03. The number of aromatic amines is 1. The van der Waals surface area contributed by atoms with Crippen LogP contribution in [0.15, 0.2) is 12.3 Å². The maximum atomic E-state index is 11.7. The van der Waals surface area contributed by atoms with Crippen LogP contribution in [-0.4, -0.2) is 32.4 Å². The van der Waals surface area contributed by atoms with E-state index in [9.17, 15) is 4.79 Å². The zero-order chi connectivity index (χ0) is 13.8. The van der Waals surface area contributed by atoms with Crippen molar-refractivity contribution in [2.24, 2.45) is 0 Å². The Labute approximate surface area is 116 Å². The van der Waals surface area contributed by atoms with Crippen molar-refractivity contribution < 1.29 is 4.79 Å². The topological polar surface area (TPSA) is 75.6 Å². The maximum absolute atomic E-state index is 11.7. The van der Waals surface area contributed by atoms with Gasteiger partial charge >= 0.3 is 0 Å². The number of amides is 1. The van der Waals surface area contributed by atoms with E-state index in [2.05, 4.69) is 20.6 Å². The number of H-pyrrole nitrogens is 1. The number of hydrogen-bond acceptors (Lipinski definition) is 3. The van der Waals surface area contributed by atoms with E-state index in [1.54, 1.807) is 0 Å². The first-order valence-corrected chi connectivity index (χ1v) is 6.44. The van der Waals surface area contributed by atoms with Gasteiger partial charge in [0.05, 0.1) is 16.9 Å². The summed E-state index contributed by atoms with van der Waals surface area (Å²) in [6.07, 6.45) is 2.21. The first-order valence-electron chi connectivity index (χ1n) is 6.06. The SMILES string of the molecule is Cc1cc(C)n(CCCNC(=O)c2[nH]ncc2Cl)n1. The van der Waals surface area contributed by atoms with Gasteiger partial charge in [-0.25, -0.2) is 0 Å². The van der Waals surface area contributed by atoms with E-state index in [1.165, 1.54) is 6.20 Å². The molecule has 0 atom stereocenters. The number of carbonyl (C=O) groups excluding carboxylic acids is 1. The van der Waals surface area contributed by atoms with Gasteiger partial charge in [0.2, 0.25) is 0 Å². The minimum atomic E-state index is -0.240. The van der Waals surface area contributed by atoms with Gasteiger partial charge in [-0.05, 0) is 26.3 Å². The summed E-state index contributed by atoms with van der Waals surface area (Å²) in [5.41, 5.74) is 2.43. The predicted molar refractivity (Wildman–Crippen MR) is 72.2 cm³/mol. The smallest absolute Gasteiger partial charge is 0.270 e. The molecule has 2 rings (SSSR count). The minimum absolute atomic E-state index is 0.240. The summed E-state index contributed by atoms with van der Waals surface area (Å²) in [5.74, 6) is -0.240. The standard InChI is InChI=1S/C12H16ClN5O/c1-8-6-9(2)18(17-8)5-3-4-14-12(19)11-10(13)7-15-16-11/h6-7H,3-5H2,1-2H3,(H,14,19)(H,15,16). The van der Waals surface area contributed by atoms with Crippen LogP contribution in [0.2, 0.25) is 5.02 Å². The summed E-state index contributed by atoms with van der Waals surface area (Å²) < 4.78 is 1.94. The average Bonchev–Trinajstić information content (AvgIpc) is 2.91. The van der Waals surface area contributed by atoms with Gasteiger partial charge in [-0.1, -0.05) is 11.6 Å². The highest BCUT2D eigenvalue weighted by Gasteiger charge is 2.11. The quantitative estimate of drug-likeness (QED) is 0.819. The van der Waals surface area contributed by atoms with E-state index in [1.807, 2.05) is 24.6 Å². The van der Waals surface area contributed by atoms with Crippen LogP contribution >= 0.6 is 11.6 Å². The Morgan fingerprint density at radius 1 is 1.53 bits per heavy atom. The third-order valence-electron chi connectivity index (χ3n) is 2.76. The van der Waals surface area contributed by atoms with E-state index in [4.69, 9.17) is 11.6 Å². The molecular weight excluding hydrogens is 266 g/mol. The summed E-state index contributed by atoms with van der Waals surface area (Å²) >= 11 is 5.80. The molecule has 0 fully saturated rings. The van der Waals surface area contributed by atoms with Crippen molar-refractivity contribution in [3.63, 3.8) is 0 Å². The molecule has 0 saturated carbocycles. The molecule has 7 heteroatoms. The molecule has 2 aromatic heterocycles. The van der Waals surface area contributed by atoms with E-state index < -0.39 is 0 Å². The zero-order valence-electron chi connectivity index (χ0n) is 10.9. The van der Waals surface area contributed by atoms with Gasteiger partial charge in [0.15, 0.2) is 0 Å². The Bertz CT molecular complexity index is 574. The molecule has 0 aliphatic heterocycles. The Morgan fingerprint density at radius 3 is 2.89 bits per heavy atom. The van der Waals surface area contributed by atoms with E-state index >= 15 is 0 Å². The first kappa shape index (κ1) is 13.6. The molecule has 6 nitrogen and oxygen atoms in total. The summed E-state index contributed by atoms with van der Waals surface area (Å²) in [5, 5.41) is 13.7. The van der Waals surface area contributed by atoms with Gasteiger partial charge in [-0.3, -0.25) is 14.6 Å². The molecule has 19 heavy (non-hydrogen) atoms. The van der Waals surface area contributed by atoms with Crippen molar-refractivity contribution in [2.45, 2.75) is 26.8 Å². The number of hydrogen-bond donors (Lipinski definition) is 2. The second-order valence-electron chi connectivity index (χ2n) is 4.35. The average molecular weight is 282 g/mol. The monoisotopic (exact) mass is 281 g/mol. The number of rotatable bonds is 5. The summed E-state index contributed by atoms with van der Waals surface area (Å²) in [7, 11) is 0. The molecule has 0 aromatic carbocycles. The van der Waals surface area contributed by atoms with Crippen LogP contribution < -0.4 is 5.32 Å². The van der Waals surface area contributed by atoms with Crippen molar-refractivity contribution in [3.8, 4) is 0 Å². The van der Waals surface area contributed by atoms with Gasteiger partial charge < -0.3 is 5.32 Å². The van der Waals surface area contributed by atoms with Crippen molar-refractivity contribution >= 4 is 17.5 Å².